The third kappa shape index (κ3) is 2.63. The summed E-state index contributed by atoms with van der Waals surface area (Å²) in [5, 5.41) is 11.3. The number of rotatable bonds is 3. The molecule has 3 nitrogen and oxygen atoms in total. The van der Waals surface area contributed by atoms with Gasteiger partial charge in [0.2, 0.25) is 0 Å². The van der Waals surface area contributed by atoms with E-state index in [0.717, 1.165) is 41.1 Å². The van der Waals surface area contributed by atoms with E-state index in [0.29, 0.717) is 5.25 Å². The molecule has 1 aliphatic heterocycles. The largest absolute Gasteiger partial charge is 0.392 e. The van der Waals surface area contributed by atoms with Gasteiger partial charge in [0.25, 0.3) is 0 Å². The Bertz CT molecular complexity index is 602. The lowest BCUT2D eigenvalue weighted by Crippen LogP contribution is -2.38. The summed E-state index contributed by atoms with van der Waals surface area (Å²) in [6.45, 7) is 4.40. The number of pyridine rings is 1. The van der Waals surface area contributed by atoms with Gasteiger partial charge in [-0.15, -0.1) is 0 Å². The number of hydrogen-bond acceptors (Lipinski definition) is 4. The van der Waals surface area contributed by atoms with E-state index >= 15 is 0 Å². The molecule has 1 N–H and O–H groups in total. The van der Waals surface area contributed by atoms with E-state index in [1.165, 1.54) is 6.42 Å². The van der Waals surface area contributed by atoms with Crippen LogP contribution in [-0.2, 0) is 6.61 Å². The fourth-order valence-corrected chi connectivity index (χ4v) is 3.88. The van der Waals surface area contributed by atoms with Gasteiger partial charge in [0.1, 0.15) is 5.82 Å². The monoisotopic (exact) mass is 288 g/mol. The molecule has 2 heterocycles. The Kier molecular flexibility index (Phi) is 4.13. The van der Waals surface area contributed by atoms with E-state index in [4.69, 9.17) is 4.98 Å². The molecule has 1 saturated heterocycles. The Hall–Kier alpha value is -1.26. The summed E-state index contributed by atoms with van der Waals surface area (Å²) in [5.74, 6) is 2.16. The maximum atomic E-state index is 9.61. The number of aliphatic hydroxyl groups excluding tert-OH is 1. The van der Waals surface area contributed by atoms with Crippen molar-refractivity contribution in [1.29, 1.82) is 0 Å². The number of aliphatic hydroxyl groups is 1. The molecule has 20 heavy (non-hydrogen) atoms. The topological polar surface area (TPSA) is 36.4 Å². The summed E-state index contributed by atoms with van der Waals surface area (Å²) in [6.07, 6.45) is 1.20. The average molecular weight is 288 g/mol. The summed E-state index contributed by atoms with van der Waals surface area (Å²) in [5.41, 5.74) is 1.94. The van der Waals surface area contributed by atoms with E-state index in [1.807, 2.05) is 30.3 Å². The van der Waals surface area contributed by atoms with Gasteiger partial charge in [-0.25, -0.2) is 4.98 Å². The zero-order chi connectivity index (χ0) is 13.9. The van der Waals surface area contributed by atoms with Gasteiger partial charge in [-0.3, -0.25) is 0 Å². The van der Waals surface area contributed by atoms with Crippen LogP contribution in [0.3, 0.4) is 0 Å². The highest BCUT2D eigenvalue weighted by Gasteiger charge is 2.20. The summed E-state index contributed by atoms with van der Waals surface area (Å²) in [6, 6.07) is 10.1. The number of para-hydroxylation sites is 1. The van der Waals surface area contributed by atoms with Crippen LogP contribution in [-0.4, -0.2) is 34.2 Å². The number of thioether (sulfide) groups is 1. The fraction of sp³-hybridized carbons (Fsp3) is 0.438. The molecule has 4 heteroatoms. The molecule has 1 aromatic heterocycles. The third-order valence-electron chi connectivity index (χ3n) is 3.88. The molecule has 0 aliphatic carbocycles. The highest BCUT2D eigenvalue weighted by Crippen LogP contribution is 2.28. The number of nitrogens with zero attached hydrogens (tertiary/aromatic N) is 2. The van der Waals surface area contributed by atoms with Gasteiger partial charge < -0.3 is 10.0 Å². The minimum absolute atomic E-state index is 0.0653. The van der Waals surface area contributed by atoms with Gasteiger partial charge in [-0.2, -0.15) is 11.8 Å². The lowest BCUT2D eigenvalue weighted by Gasteiger charge is -2.33. The van der Waals surface area contributed by atoms with Crippen molar-refractivity contribution >= 4 is 28.5 Å². The zero-order valence-electron chi connectivity index (χ0n) is 11.7. The minimum Gasteiger partial charge on any atom is -0.392 e. The van der Waals surface area contributed by atoms with Crippen LogP contribution in [0, 0.1) is 0 Å². The summed E-state index contributed by atoms with van der Waals surface area (Å²) in [4.78, 5) is 7.14. The van der Waals surface area contributed by atoms with Crippen molar-refractivity contribution in [3.8, 4) is 0 Å². The summed E-state index contributed by atoms with van der Waals surface area (Å²) in [7, 11) is 0. The second-order valence-corrected chi connectivity index (χ2v) is 6.57. The first kappa shape index (κ1) is 13.7. The molecular formula is C16H20N2OS. The average Bonchev–Trinajstić information content (AvgIpc) is 2.53. The molecule has 1 atom stereocenters. The third-order valence-corrected chi connectivity index (χ3v) is 5.25. The zero-order valence-corrected chi connectivity index (χ0v) is 12.6. The van der Waals surface area contributed by atoms with Crippen molar-refractivity contribution in [1.82, 2.24) is 4.98 Å². The smallest absolute Gasteiger partial charge is 0.129 e. The highest BCUT2D eigenvalue weighted by molar-refractivity contribution is 8.00. The van der Waals surface area contributed by atoms with Crippen LogP contribution in [0.5, 0.6) is 0 Å². The molecule has 0 saturated carbocycles. The van der Waals surface area contributed by atoms with Gasteiger partial charge in [-0.05, 0) is 24.1 Å². The number of benzene rings is 1. The first-order valence-electron chi connectivity index (χ1n) is 7.18. The van der Waals surface area contributed by atoms with Crippen molar-refractivity contribution in [2.75, 3.05) is 23.7 Å². The molecule has 0 radical (unpaired) electrons. The number of hydrogen-bond donors (Lipinski definition) is 1. The lowest BCUT2D eigenvalue weighted by atomic mass is 10.1. The van der Waals surface area contributed by atoms with Crippen LogP contribution in [0.1, 0.15) is 18.9 Å². The Morgan fingerprint density at radius 3 is 3.05 bits per heavy atom. The number of fused-ring (bicyclic) bond motifs is 1. The minimum atomic E-state index is 0.0653. The normalized spacial score (nSPS) is 19.5. The maximum Gasteiger partial charge on any atom is 0.129 e. The van der Waals surface area contributed by atoms with Gasteiger partial charge >= 0.3 is 0 Å². The first-order valence-corrected chi connectivity index (χ1v) is 8.22. The Morgan fingerprint density at radius 2 is 2.25 bits per heavy atom. The molecule has 0 bridgehead atoms. The molecule has 1 aromatic carbocycles. The second-order valence-electron chi connectivity index (χ2n) is 5.16. The van der Waals surface area contributed by atoms with Crippen LogP contribution >= 0.6 is 11.8 Å². The van der Waals surface area contributed by atoms with Crippen molar-refractivity contribution < 1.29 is 5.11 Å². The molecule has 2 aromatic rings. The molecule has 0 spiro atoms. The van der Waals surface area contributed by atoms with Crippen LogP contribution < -0.4 is 4.90 Å². The predicted molar refractivity (Wildman–Crippen MR) is 86.4 cm³/mol. The van der Waals surface area contributed by atoms with E-state index in [9.17, 15) is 5.11 Å². The second kappa shape index (κ2) is 6.02. The molecule has 1 fully saturated rings. The van der Waals surface area contributed by atoms with Crippen LogP contribution in [0.4, 0.5) is 5.82 Å². The van der Waals surface area contributed by atoms with Crippen molar-refractivity contribution in [3.05, 3.63) is 35.9 Å². The lowest BCUT2D eigenvalue weighted by molar-refractivity contribution is 0.283. The van der Waals surface area contributed by atoms with Gasteiger partial charge in [0.15, 0.2) is 0 Å². The van der Waals surface area contributed by atoms with Crippen molar-refractivity contribution in [2.24, 2.45) is 0 Å². The first-order chi connectivity index (χ1) is 9.81. The Balaban J connectivity index is 1.99. The van der Waals surface area contributed by atoms with Crippen LogP contribution in [0.25, 0.3) is 10.9 Å². The summed E-state index contributed by atoms with van der Waals surface area (Å²) >= 11 is 2.06. The molecule has 1 unspecified atom stereocenters. The molecule has 106 valence electrons. The van der Waals surface area contributed by atoms with Crippen LogP contribution in [0.15, 0.2) is 30.3 Å². The summed E-state index contributed by atoms with van der Waals surface area (Å²) < 4.78 is 0. The van der Waals surface area contributed by atoms with E-state index < -0.39 is 0 Å². The molecule has 0 amide bonds. The molecular weight excluding hydrogens is 268 g/mol. The van der Waals surface area contributed by atoms with Crippen LogP contribution in [0.2, 0.25) is 0 Å². The van der Waals surface area contributed by atoms with Crippen molar-refractivity contribution in [3.63, 3.8) is 0 Å². The van der Waals surface area contributed by atoms with Gasteiger partial charge in [-0.1, -0.05) is 25.1 Å². The highest BCUT2D eigenvalue weighted by atomic mass is 32.2. The Morgan fingerprint density at radius 1 is 1.40 bits per heavy atom. The Labute approximate surface area is 124 Å². The van der Waals surface area contributed by atoms with Crippen molar-refractivity contribution in [2.45, 2.75) is 25.2 Å². The van der Waals surface area contributed by atoms with Gasteiger partial charge in [0.05, 0.1) is 12.1 Å². The van der Waals surface area contributed by atoms with E-state index in [2.05, 4.69) is 23.6 Å². The standard InChI is InChI=1S/C16H20N2OS/c1-2-13-10-18(7-8-20-13)16-9-12(11-19)14-5-3-4-6-15(14)17-16/h3-6,9,13,19H,2,7-8,10-11H2,1H3. The van der Waals surface area contributed by atoms with E-state index in [-0.39, 0.29) is 6.61 Å². The predicted octanol–water partition coefficient (Wildman–Crippen LogP) is 3.06. The molecule has 3 rings (SSSR count). The fourth-order valence-electron chi connectivity index (χ4n) is 2.70. The number of anilines is 1. The number of aromatic nitrogens is 1. The van der Waals surface area contributed by atoms with Gasteiger partial charge in [0, 0.05) is 29.5 Å². The SMILES string of the molecule is CCC1CN(c2cc(CO)c3ccccc3n2)CCS1. The molecule has 1 aliphatic rings. The quantitative estimate of drug-likeness (QED) is 0.941. The maximum absolute atomic E-state index is 9.61. The van der Waals surface area contributed by atoms with E-state index in [1.54, 1.807) is 0 Å².